The van der Waals surface area contributed by atoms with E-state index in [1.807, 2.05) is 18.2 Å². The van der Waals surface area contributed by atoms with Gasteiger partial charge in [0.05, 0.1) is 11.6 Å². The number of halogens is 2. The van der Waals surface area contributed by atoms with Gasteiger partial charge in [0.2, 0.25) is 5.95 Å². The summed E-state index contributed by atoms with van der Waals surface area (Å²) >= 11 is 12.5. The van der Waals surface area contributed by atoms with E-state index in [-0.39, 0.29) is 6.04 Å². The van der Waals surface area contributed by atoms with Gasteiger partial charge < -0.3 is 15.0 Å². The van der Waals surface area contributed by atoms with Crippen molar-refractivity contribution < 1.29 is 4.74 Å². The minimum atomic E-state index is 0.242. The fourth-order valence-electron chi connectivity index (χ4n) is 3.74. The first-order valence-electron chi connectivity index (χ1n) is 9.11. The van der Waals surface area contributed by atoms with Gasteiger partial charge in [0.15, 0.2) is 0 Å². The van der Waals surface area contributed by atoms with Crippen LogP contribution in [-0.4, -0.2) is 35.7 Å². The lowest BCUT2D eigenvalue weighted by Crippen LogP contribution is -2.44. The van der Waals surface area contributed by atoms with Crippen molar-refractivity contribution in [2.45, 2.75) is 37.8 Å². The molecule has 1 aromatic carbocycles. The van der Waals surface area contributed by atoms with Crippen LogP contribution in [0.3, 0.4) is 0 Å². The summed E-state index contributed by atoms with van der Waals surface area (Å²) in [5.41, 5.74) is 1.12. The number of nitrogens with one attached hydrogen (secondary N) is 1. The molecule has 1 saturated heterocycles. The first-order valence-corrected chi connectivity index (χ1v) is 9.86. The second-order valence-electron chi connectivity index (χ2n) is 6.80. The minimum absolute atomic E-state index is 0.242. The molecule has 138 valence electrons. The number of fused-ring (bicyclic) bond motifs is 1. The van der Waals surface area contributed by atoms with Gasteiger partial charge in [-0.05, 0) is 37.8 Å². The van der Waals surface area contributed by atoms with Gasteiger partial charge in [0.25, 0.3) is 0 Å². The van der Waals surface area contributed by atoms with E-state index in [2.05, 4.69) is 20.2 Å². The summed E-state index contributed by atoms with van der Waals surface area (Å²) in [6.07, 6.45) is 7.75. The van der Waals surface area contributed by atoms with Crippen molar-refractivity contribution in [3.63, 3.8) is 0 Å². The molecule has 0 spiro atoms. The molecular formula is C19H22Cl2N4O. The molecule has 4 rings (SSSR count). The van der Waals surface area contributed by atoms with Crippen LogP contribution in [0, 0.1) is 0 Å². The quantitative estimate of drug-likeness (QED) is 0.845. The number of aromatic nitrogens is 2. The molecule has 0 radical (unpaired) electrons. The van der Waals surface area contributed by atoms with Crippen LogP contribution < -0.4 is 15.0 Å². The Bertz CT molecular complexity index is 751. The molecule has 3 heterocycles. The molecule has 2 aliphatic rings. The maximum absolute atomic E-state index is 6.37. The standard InChI is InChI=1S/C19H22Cl2N4O/c20-15-5-4-14-16(3-1-12-26-18(14)17(15)21)24-13-6-10-25(11-7-13)19-22-8-2-9-23-19/h2,4-5,8-9,13,16,24H,1,3,6-7,10-12H2. The zero-order chi connectivity index (χ0) is 17.9. The second-order valence-corrected chi connectivity index (χ2v) is 7.58. The summed E-state index contributed by atoms with van der Waals surface area (Å²) in [6.45, 7) is 2.59. The lowest BCUT2D eigenvalue weighted by atomic mass is 9.98. The Morgan fingerprint density at radius 3 is 2.62 bits per heavy atom. The highest BCUT2D eigenvalue weighted by molar-refractivity contribution is 6.43. The van der Waals surface area contributed by atoms with Crippen molar-refractivity contribution >= 4 is 29.2 Å². The molecular weight excluding hydrogens is 371 g/mol. The van der Waals surface area contributed by atoms with Crippen molar-refractivity contribution in [2.24, 2.45) is 0 Å². The topological polar surface area (TPSA) is 50.3 Å². The first-order chi connectivity index (χ1) is 12.7. The minimum Gasteiger partial charge on any atom is -0.492 e. The van der Waals surface area contributed by atoms with Crippen molar-refractivity contribution in [1.82, 2.24) is 15.3 Å². The van der Waals surface area contributed by atoms with E-state index in [1.165, 1.54) is 0 Å². The fourth-order valence-corrected chi connectivity index (χ4v) is 4.12. The SMILES string of the molecule is Clc1ccc2c(c1Cl)OCCCC2NC1CCN(c2ncccn2)CC1. The molecule has 2 aliphatic heterocycles. The molecule has 5 nitrogen and oxygen atoms in total. The van der Waals surface area contributed by atoms with E-state index in [1.54, 1.807) is 12.4 Å². The average Bonchev–Trinajstić information content (AvgIpc) is 2.89. The highest BCUT2D eigenvalue weighted by atomic mass is 35.5. The van der Waals surface area contributed by atoms with E-state index in [4.69, 9.17) is 27.9 Å². The summed E-state index contributed by atoms with van der Waals surface area (Å²) in [7, 11) is 0. The van der Waals surface area contributed by atoms with Gasteiger partial charge in [0.1, 0.15) is 10.8 Å². The Morgan fingerprint density at radius 1 is 1.08 bits per heavy atom. The Labute approximate surface area is 163 Å². The summed E-state index contributed by atoms with van der Waals surface area (Å²) in [4.78, 5) is 11.0. The highest BCUT2D eigenvalue weighted by Crippen LogP contribution is 2.41. The van der Waals surface area contributed by atoms with Crippen molar-refractivity contribution in [2.75, 3.05) is 24.6 Å². The fraction of sp³-hybridized carbons (Fsp3) is 0.474. The number of hydrogen-bond donors (Lipinski definition) is 1. The first kappa shape index (κ1) is 17.8. The molecule has 0 amide bonds. The highest BCUT2D eigenvalue weighted by Gasteiger charge is 2.27. The Balaban J connectivity index is 1.43. The van der Waals surface area contributed by atoms with Gasteiger partial charge >= 0.3 is 0 Å². The van der Waals surface area contributed by atoms with E-state index >= 15 is 0 Å². The average molecular weight is 393 g/mol. The van der Waals surface area contributed by atoms with Crippen LogP contribution in [0.15, 0.2) is 30.6 Å². The van der Waals surface area contributed by atoms with Gasteiger partial charge in [-0.3, -0.25) is 0 Å². The number of piperidine rings is 1. The molecule has 1 unspecified atom stereocenters. The number of hydrogen-bond acceptors (Lipinski definition) is 5. The van der Waals surface area contributed by atoms with E-state index in [0.29, 0.717) is 22.7 Å². The zero-order valence-electron chi connectivity index (χ0n) is 14.5. The monoisotopic (exact) mass is 392 g/mol. The molecule has 1 fully saturated rings. The molecule has 1 atom stereocenters. The maximum atomic E-state index is 6.37. The molecule has 26 heavy (non-hydrogen) atoms. The largest absolute Gasteiger partial charge is 0.492 e. The van der Waals surface area contributed by atoms with Gasteiger partial charge in [-0.2, -0.15) is 0 Å². The summed E-state index contributed by atoms with van der Waals surface area (Å²) in [5, 5.41) is 4.89. The van der Waals surface area contributed by atoms with Gasteiger partial charge in [-0.25, -0.2) is 9.97 Å². The molecule has 0 bridgehead atoms. The lowest BCUT2D eigenvalue weighted by molar-refractivity contribution is 0.312. The number of rotatable bonds is 3. The van der Waals surface area contributed by atoms with Crippen LogP contribution in [0.1, 0.15) is 37.3 Å². The predicted molar refractivity (Wildman–Crippen MR) is 104 cm³/mol. The predicted octanol–water partition coefficient (Wildman–Crippen LogP) is 4.26. The molecule has 0 aliphatic carbocycles. The van der Waals surface area contributed by atoms with E-state index < -0.39 is 0 Å². The molecule has 1 aromatic heterocycles. The van der Waals surface area contributed by atoms with Gasteiger partial charge in [-0.1, -0.05) is 29.3 Å². The lowest BCUT2D eigenvalue weighted by Gasteiger charge is -2.34. The third-order valence-electron chi connectivity index (χ3n) is 5.11. The number of nitrogens with zero attached hydrogens (tertiary/aromatic N) is 3. The zero-order valence-corrected chi connectivity index (χ0v) is 16.0. The summed E-state index contributed by atoms with van der Waals surface area (Å²) in [6, 6.07) is 6.45. The van der Waals surface area contributed by atoms with Crippen molar-refractivity contribution in [1.29, 1.82) is 0 Å². The second kappa shape index (κ2) is 7.99. The molecule has 1 N–H and O–H groups in total. The van der Waals surface area contributed by atoms with Crippen LogP contribution in [0.4, 0.5) is 5.95 Å². The van der Waals surface area contributed by atoms with Crippen LogP contribution in [-0.2, 0) is 0 Å². The summed E-state index contributed by atoms with van der Waals surface area (Å²) in [5.74, 6) is 1.56. The summed E-state index contributed by atoms with van der Waals surface area (Å²) < 4.78 is 5.87. The molecule has 2 aromatic rings. The smallest absolute Gasteiger partial charge is 0.225 e. The van der Waals surface area contributed by atoms with E-state index in [0.717, 1.165) is 56.0 Å². The van der Waals surface area contributed by atoms with Crippen LogP contribution >= 0.6 is 23.2 Å². The van der Waals surface area contributed by atoms with Crippen LogP contribution in [0.25, 0.3) is 0 Å². The van der Waals surface area contributed by atoms with Crippen LogP contribution in [0.2, 0.25) is 10.0 Å². The Morgan fingerprint density at radius 2 is 1.85 bits per heavy atom. The third-order valence-corrected chi connectivity index (χ3v) is 5.89. The van der Waals surface area contributed by atoms with Crippen LogP contribution in [0.5, 0.6) is 5.75 Å². The number of benzene rings is 1. The van der Waals surface area contributed by atoms with Gasteiger partial charge in [-0.15, -0.1) is 0 Å². The number of anilines is 1. The van der Waals surface area contributed by atoms with Crippen molar-refractivity contribution in [3.05, 3.63) is 46.2 Å². The maximum Gasteiger partial charge on any atom is 0.225 e. The number of ether oxygens (including phenoxy) is 1. The van der Waals surface area contributed by atoms with E-state index in [9.17, 15) is 0 Å². The Kier molecular flexibility index (Phi) is 5.48. The Hall–Kier alpha value is -1.56. The van der Waals surface area contributed by atoms with Crippen molar-refractivity contribution in [3.8, 4) is 5.75 Å². The third kappa shape index (κ3) is 3.75. The normalized spacial score (nSPS) is 21.0. The molecule has 0 saturated carbocycles. The molecule has 7 heteroatoms. The van der Waals surface area contributed by atoms with Gasteiger partial charge in [0, 0.05) is 43.1 Å².